The molecule has 1 amide bonds. The quantitative estimate of drug-likeness (QED) is 0.698. The van der Waals surface area contributed by atoms with Crippen molar-refractivity contribution in [3.63, 3.8) is 0 Å². The van der Waals surface area contributed by atoms with Gasteiger partial charge < -0.3 is 10.4 Å². The molecule has 1 fully saturated rings. The molecule has 1 heterocycles. The minimum Gasteiger partial charge on any atom is -0.395 e. The topological polar surface area (TPSA) is 55.8 Å². The zero-order valence-electron chi connectivity index (χ0n) is 11.9. The van der Waals surface area contributed by atoms with E-state index in [1.54, 1.807) is 0 Å². The minimum atomic E-state index is -0.0599. The first kappa shape index (κ1) is 15.4. The number of carbonyl (C=O) groups excluding carboxylic acids is 1. The van der Waals surface area contributed by atoms with Gasteiger partial charge in [-0.1, -0.05) is 6.92 Å². The smallest absolute Gasteiger partial charge is 0.237 e. The number of hydrogen-bond donors (Lipinski definition) is 2. The maximum Gasteiger partial charge on any atom is 0.237 e. The first-order valence-corrected chi connectivity index (χ1v) is 6.96. The van der Waals surface area contributed by atoms with Crippen molar-refractivity contribution < 1.29 is 9.90 Å². The summed E-state index contributed by atoms with van der Waals surface area (Å²) in [6.07, 6.45) is 0.961. The molecule has 0 aromatic carbocycles. The third-order valence-corrected chi connectivity index (χ3v) is 3.75. The second-order valence-electron chi connectivity index (χ2n) is 5.10. The highest BCUT2D eigenvalue weighted by Crippen LogP contribution is 2.06. The first-order chi connectivity index (χ1) is 8.58. The Labute approximate surface area is 110 Å². The van der Waals surface area contributed by atoms with Crippen LogP contribution in [-0.4, -0.2) is 72.2 Å². The second-order valence-corrected chi connectivity index (χ2v) is 5.10. The molecule has 5 nitrogen and oxygen atoms in total. The van der Waals surface area contributed by atoms with Crippen molar-refractivity contribution in [1.29, 1.82) is 0 Å². The van der Waals surface area contributed by atoms with Gasteiger partial charge in [0.25, 0.3) is 0 Å². The molecular formula is C13H27N3O2. The van der Waals surface area contributed by atoms with Gasteiger partial charge >= 0.3 is 0 Å². The van der Waals surface area contributed by atoms with E-state index in [-0.39, 0.29) is 24.6 Å². The van der Waals surface area contributed by atoms with Crippen LogP contribution in [0.3, 0.4) is 0 Å². The number of nitrogens with one attached hydrogen (secondary N) is 1. The van der Waals surface area contributed by atoms with Crippen LogP contribution in [0.1, 0.15) is 27.2 Å². The molecule has 0 bridgehead atoms. The lowest BCUT2D eigenvalue weighted by Gasteiger charge is -2.37. The fourth-order valence-corrected chi connectivity index (χ4v) is 2.15. The van der Waals surface area contributed by atoms with Crippen molar-refractivity contribution in [3.8, 4) is 0 Å². The molecule has 0 aromatic heterocycles. The highest BCUT2D eigenvalue weighted by Gasteiger charge is 2.25. The molecule has 0 radical (unpaired) electrons. The van der Waals surface area contributed by atoms with E-state index in [9.17, 15) is 4.79 Å². The number of aliphatic hydroxyl groups is 1. The number of hydrogen-bond acceptors (Lipinski definition) is 4. The van der Waals surface area contributed by atoms with Crippen LogP contribution in [0.2, 0.25) is 0 Å². The van der Waals surface area contributed by atoms with Crippen molar-refractivity contribution >= 4 is 5.91 Å². The normalized spacial score (nSPS) is 21.6. The standard InChI is InChI=1S/C13H27N3O2/c1-4-11(2)14-13(18)12(3)16-7-5-15(6-8-16)9-10-17/h11-12,17H,4-10H2,1-3H3,(H,14,18). The van der Waals surface area contributed by atoms with Gasteiger partial charge in [-0.05, 0) is 20.3 Å². The Hall–Kier alpha value is -0.650. The largest absolute Gasteiger partial charge is 0.395 e. The van der Waals surface area contributed by atoms with Crippen LogP contribution in [-0.2, 0) is 4.79 Å². The van der Waals surface area contributed by atoms with Crippen molar-refractivity contribution in [2.24, 2.45) is 0 Å². The Morgan fingerprint density at radius 1 is 1.28 bits per heavy atom. The predicted octanol–water partition coefficient (Wildman–Crippen LogP) is -0.100. The summed E-state index contributed by atoms with van der Waals surface area (Å²) in [5.74, 6) is 0.125. The number of piperazine rings is 1. The fraction of sp³-hybridized carbons (Fsp3) is 0.923. The molecule has 0 aromatic rings. The average molecular weight is 257 g/mol. The molecule has 106 valence electrons. The van der Waals surface area contributed by atoms with Crippen molar-refractivity contribution in [2.75, 3.05) is 39.3 Å². The van der Waals surface area contributed by atoms with Gasteiger partial charge in [0.15, 0.2) is 0 Å². The summed E-state index contributed by atoms with van der Waals surface area (Å²) in [6, 6.07) is 0.186. The van der Waals surface area contributed by atoms with Gasteiger partial charge in [-0.15, -0.1) is 0 Å². The maximum atomic E-state index is 12.0. The van der Waals surface area contributed by atoms with Crippen molar-refractivity contribution in [3.05, 3.63) is 0 Å². The van der Waals surface area contributed by atoms with Crippen LogP contribution in [0.5, 0.6) is 0 Å². The van der Waals surface area contributed by atoms with E-state index in [2.05, 4.69) is 22.0 Å². The average Bonchev–Trinajstić information content (AvgIpc) is 2.39. The molecule has 0 aliphatic carbocycles. The number of nitrogens with zero attached hydrogens (tertiary/aromatic N) is 2. The predicted molar refractivity (Wildman–Crippen MR) is 72.5 cm³/mol. The van der Waals surface area contributed by atoms with Gasteiger partial charge in [-0.25, -0.2) is 0 Å². The summed E-state index contributed by atoms with van der Waals surface area (Å²) < 4.78 is 0. The third-order valence-electron chi connectivity index (χ3n) is 3.75. The molecule has 5 heteroatoms. The Kier molecular flexibility index (Phi) is 6.60. The summed E-state index contributed by atoms with van der Waals surface area (Å²) in [5.41, 5.74) is 0. The number of carbonyl (C=O) groups is 1. The van der Waals surface area contributed by atoms with Crippen LogP contribution in [0, 0.1) is 0 Å². The Morgan fingerprint density at radius 2 is 1.89 bits per heavy atom. The Balaban J connectivity index is 2.35. The molecule has 2 atom stereocenters. The van der Waals surface area contributed by atoms with Gasteiger partial charge in [0.2, 0.25) is 5.91 Å². The van der Waals surface area contributed by atoms with E-state index in [1.165, 1.54) is 0 Å². The van der Waals surface area contributed by atoms with Crippen molar-refractivity contribution in [2.45, 2.75) is 39.3 Å². The molecule has 1 aliphatic heterocycles. The van der Waals surface area contributed by atoms with E-state index in [1.807, 2.05) is 13.8 Å². The molecule has 2 N–H and O–H groups in total. The lowest BCUT2D eigenvalue weighted by molar-refractivity contribution is -0.127. The van der Waals surface area contributed by atoms with Crippen LogP contribution >= 0.6 is 0 Å². The summed E-state index contributed by atoms with van der Waals surface area (Å²) >= 11 is 0. The summed E-state index contributed by atoms with van der Waals surface area (Å²) in [4.78, 5) is 16.5. The number of rotatable bonds is 6. The van der Waals surface area contributed by atoms with Crippen LogP contribution in [0.25, 0.3) is 0 Å². The molecule has 18 heavy (non-hydrogen) atoms. The van der Waals surface area contributed by atoms with Gasteiger partial charge in [-0.3, -0.25) is 14.6 Å². The molecule has 2 unspecified atom stereocenters. The second kappa shape index (κ2) is 7.71. The zero-order chi connectivity index (χ0) is 13.5. The lowest BCUT2D eigenvalue weighted by Crippen LogP contribution is -2.55. The van der Waals surface area contributed by atoms with Gasteiger partial charge in [0, 0.05) is 38.8 Å². The van der Waals surface area contributed by atoms with E-state index < -0.39 is 0 Å². The molecule has 1 saturated heterocycles. The van der Waals surface area contributed by atoms with Gasteiger partial charge in [-0.2, -0.15) is 0 Å². The van der Waals surface area contributed by atoms with E-state index in [4.69, 9.17) is 5.11 Å². The molecule has 1 rings (SSSR count). The number of β-amino-alcohol motifs (C(OH)–C–C–N with tert-alkyl or cyclic N) is 1. The lowest BCUT2D eigenvalue weighted by atomic mass is 10.2. The fourth-order valence-electron chi connectivity index (χ4n) is 2.15. The van der Waals surface area contributed by atoms with Crippen LogP contribution < -0.4 is 5.32 Å². The van der Waals surface area contributed by atoms with Gasteiger partial charge in [0.05, 0.1) is 12.6 Å². The van der Waals surface area contributed by atoms with E-state index in [0.29, 0.717) is 0 Å². The highest BCUT2D eigenvalue weighted by atomic mass is 16.3. The summed E-state index contributed by atoms with van der Waals surface area (Å²) in [5, 5.41) is 11.9. The minimum absolute atomic E-state index is 0.0599. The monoisotopic (exact) mass is 257 g/mol. The number of amides is 1. The zero-order valence-corrected chi connectivity index (χ0v) is 11.9. The number of aliphatic hydroxyl groups excluding tert-OH is 1. The molecule has 0 saturated carbocycles. The van der Waals surface area contributed by atoms with Crippen LogP contribution in [0.4, 0.5) is 0 Å². The van der Waals surface area contributed by atoms with Crippen LogP contribution in [0.15, 0.2) is 0 Å². The Bertz CT molecular complexity index is 253. The SMILES string of the molecule is CCC(C)NC(=O)C(C)N1CCN(CCO)CC1. The Morgan fingerprint density at radius 3 is 2.39 bits per heavy atom. The van der Waals surface area contributed by atoms with Gasteiger partial charge in [0.1, 0.15) is 0 Å². The third kappa shape index (κ3) is 4.55. The maximum absolute atomic E-state index is 12.0. The molecule has 0 spiro atoms. The van der Waals surface area contributed by atoms with E-state index >= 15 is 0 Å². The van der Waals surface area contributed by atoms with Crippen molar-refractivity contribution in [1.82, 2.24) is 15.1 Å². The summed E-state index contributed by atoms with van der Waals surface area (Å²) in [7, 11) is 0. The summed E-state index contributed by atoms with van der Waals surface area (Å²) in [6.45, 7) is 10.7. The highest BCUT2D eigenvalue weighted by molar-refractivity contribution is 5.81. The first-order valence-electron chi connectivity index (χ1n) is 6.96. The molecule has 1 aliphatic rings. The molecular weight excluding hydrogens is 230 g/mol. The van der Waals surface area contributed by atoms with E-state index in [0.717, 1.165) is 39.1 Å².